The summed E-state index contributed by atoms with van der Waals surface area (Å²) in [4.78, 5) is 23.1. The number of methoxy groups -OCH3 is 3. The number of amides is 1. The van der Waals surface area contributed by atoms with Crippen molar-refractivity contribution in [2.45, 2.75) is 19.3 Å². The molecular weight excluding hydrogens is 350 g/mol. The average molecular weight is 373 g/mol. The topological polar surface area (TPSA) is 94.1 Å². The van der Waals surface area contributed by atoms with Crippen LogP contribution in [-0.4, -0.2) is 38.3 Å². The fourth-order valence-corrected chi connectivity index (χ4v) is 2.77. The Bertz CT molecular complexity index is 818. The molecule has 0 radical (unpaired) electrons. The van der Waals surface area contributed by atoms with Crippen molar-refractivity contribution >= 4 is 17.6 Å². The molecule has 2 N–H and O–H groups in total. The summed E-state index contributed by atoms with van der Waals surface area (Å²) >= 11 is 0. The lowest BCUT2D eigenvalue weighted by molar-refractivity contribution is -0.136. The molecule has 0 saturated heterocycles. The molecule has 0 unspecified atom stereocenters. The van der Waals surface area contributed by atoms with Crippen molar-refractivity contribution in [2.24, 2.45) is 0 Å². The molecule has 1 amide bonds. The van der Waals surface area contributed by atoms with Crippen LogP contribution in [0.5, 0.6) is 17.2 Å². The molecule has 0 saturated carbocycles. The van der Waals surface area contributed by atoms with Crippen molar-refractivity contribution in [1.82, 2.24) is 0 Å². The van der Waals surface area contributed by atoms with Crippen molar-refractivity contribution < 1.29 is 28.9 Å². The lowest BCUT2D eigenvalue weighted by atomic mass is 10.1. The van der Waals surface area contributed by atoms with Crippen LogP contribution in [0.15, 0.2) is 36.4 Å². The number of anilines is 1. The van der Waals surface area contributed by atoms with E-state index in [0.29, 0.717) is 34.9 Å². The molecule has 2 rings (SSSR count). The first-order chi connectivity index (χ1) is 13.0. The number of aryl methyl sites for hydroxylation is 1. The van der Waals surface area contributed by atoms with Gasteiger partial charge >= 0.3 is 5.97 Å². The number of carbonyl (C=O) groups is 2. The maximum atomic E-state index is 12.3. The van der Waals surface area contributed by atoms with Gasteiger partial charge in [0.25, 0.3) is 0 Å². The predicted octanol–water partition coefficient (Wildman–Crippen LogP) is 2.91. The fraction of sp³-hybridized carbons (Fsp3) is 0.300. The van der Waals surface area contributed by atoms with Crippen LogP contribution < -0.4 is 19.5 Å². The molecule has 0 fully saturated rings. The summed E-state index contributed by atoms with van der Waals surface area (Å²) in [5.74, 6) is 0.475. The Morgan fingerprint density at radius 1 is 1.00 bits per heavy atom. The second kappa shape index (κ2) is 9.47. The quantitative estimate of drug-likeness (QED) is 0.702. The van der Waals surface area contributed by atoms with Crippen LogP contribution >= 0.6 is 0 Å². The Morgan fingerprint density at radius 2 is 1.74 bits per heavy atom. The third-order valence-corrected chi connectivity index (χ3v) is 3.97. The maximum Gasteiger partial charge on any atom is 0.307 e. The van der Waals surface area contributed by atoms with Crippen molar-refractivity contribution in [1.29, 1.82) is 0 Å². The van der Waals surface area contributed by atoms with Crippen molar-refractivity contribution in [3.8, 4) is 17.2 Å². The third-order valence-electron chi connectivity index (χ3n) is 3.97. The highest BCUT2D eigenvalue weighted by molar-refractivity contribution is 5.91. The van der Waals surface area contributed by atoms with E-state index in [4.69, 9.17) is 19.3 Å². The molecule has 0 aliphatic rings. The van der Waals surface area contributed by atoms with E-state index in [2.05, 4.69) is 5.32 Å². The second-order valence-corrected chi connectivity index (χ2v) is 5.81. The van der Waals surface area contributed by atoms with Crippen LogP contribution in [0.2, 0.25) is 0 Å². The van der Waals surface area contributed by atoms with Gasteiger partial charge in [0.15, 0.2) is 11.5 Å². The van der Waals surface area contributed by atoms with Gasteiger partial charge in [0, 0.05) is 12.1 Å². The molecule has 7 nitrogen and oxygen atoms in total. The van der Waals surface area contributed by atoms with E-state index < -0.39 is 5.97 Å². The summed E-state index contributed by atoms with van der Waals surface area (Å²) in [6.45, 7) is 0. The van der Waals surface area contributed by atoms with Gasteiger partial charge in [-0.3, -0.25) is 9.59 Å². The Labute approximate surface area is 157 Å². The molecule has 0 aliphatic heterocycles. The van der Waals surface area contributed by atoms with Gasteiger partial charge in [0.05, 0.1) is 27.8 Å². The molecule has 0 spiro atoms. The van der Waals surface area contributed by atoms with Crippen LogP contribution in [0.1, 0.15) is 17.5 Å². The minimum Gasteiger partial charge on any atom is -0.493 e. The van der Waals surface area contributed by atoms with E-state index in [0.717, 1.165) is 5.56 Å². The monoisotopic (exact) mass is 373 g/mol. The van der Waals surface area contributed by atoms with Crippen LogP contribution in [0.25, 0.3) is 0 Å². The number of carbonyl (C=O) groups excluding carboxylic acids is 1. The molecule has 0 heterocycles. The zero-order valence-electron chi connectivity index (χ0n) is 15.6. The Morgan fingerprint density at radius 3 is 2.37 bits per heavy atom. The standard InChI is InChI=1S/C20H23NO6/c1-25-16-9-7-14(19(26-2)20(16)27-3)8-10-17(22)21-15-6-4-5-13(11-15)12-18(23)24/h4-7,9,11H,8,10,12H2,1-3H3,(H,21,22)(H,23,24). The fourth-order valence-electron chi connectivity index (χ4n) is 2.77. The zero-order valence-corrected chi connectivity index (χ0v) is 15.6. The van der Waals surface area contributed by atoms with Gasteiger partial charge in [-0.1, -0.05) is 18.2 Å². The minimum absolute atomic E-state index is 0.0907. The van der Waals surface area contributed by atoms with Gasteiger partial charge < -0.3 is 24.6 Å². The number of hydrogen-bond donors (Lipinski definition) is 2. The lowest BCUT2D eigenvalue weighted by Gasteiger charge is -2.15. The lowest BCUT2D eigenvalue weighted by Crippen LogP contribution is -2.13. The van der Waals surface area contributed by atoms with E-state index in [-0.39, 0.29) is 18.7 Å². The number of aliphatic carboxylic acids is 1. The minimum atomic E-state index is -0.918. The van der Waals surface area contributed by atoms with E-state index in [1.807, 2.05) is 6.07 Å². The van der Waals surface area contributed by atoms with Gasteiger partial charge in [-0.05, 0) is 35.7 Å². The van der Waals surface area contributed by atoms with E-state index in [1.54, 1.807) is 37.4 Å². The summed E-state index contributed by atoms with van der Waals surface area (Å²) in [6.07, 6.45) is 0.589. The molecule has 2 aromatic carbocycles. The summed E-state index contributed by atoms with van der Waals surface area (Å²) in [6, 6.07) is 10.4. The first kappa shape index (κ1) is 20.1. The number of carboxylic acid groups (broad SMARTS) is 1. The number of hydrogen-bond acceptors (Lipinski definition) is 5. The van der Waals surface area contributed by atoms with Crippen LogP contribution in [0.3, 0.4) is 0 Å². The Balaban J connectivity index is 2.05. The third kappa shape index (κ3) is 5.37. The molecular formula is C20H23NO6. The molecule has 0 aliphatic carbocycles. The van der Waals surface area contributed by atoms with Crippen LogP contribution in [0.4, 0.5) is 5.69 Å². The maximum absolute atomic E-state index is 12.3. The summed E-state index contributed by atoms with van der Waals surface area (Å²) in [5, 5.41) is 11.6. The summed E-state index contributed by atoms with van der Waals surface area (Å²) < 4.78 is 16.0. The highest BCUT2D eigenvalue weighted by atomic mass is 16.5. The number of ether oxygens (including phenoxy) is 3. The van der Waals surface area contributed by atoms with Gasteiger partial charge in [-0.2, -0.15) is 0 Å². The Hall–Kier alpha value is -3.22. The van der Waals surface area contributed by atoms with Crippen LogP contribution in [-0.2, 0) is 22.4 Å². The molecule has 7 heteroatoms. The Kier molecular flexibility index (Phi) is 7.05. The SMILES string of the molecule is COc1ccc(CCC(=O)Nc2cccc(CC(=O)O)c2)c(OC)c1OC. The second-order valence-electron chi connectivity index (χ2n) is 5.81. The van der Waals surface area contributed by atoms with Gasteiger partial charge in [-0.15, -0.1) is 0 Å². The summed E-state index contributed by atoms with van der Waals surface area (Å²) in [5.41, 5.74) is 2.02. The van der Waals surface area contributed by atoms with Crippen molar-refractivity contribution in [2.75, 3.05) is 26.6 Å². The highest BCUT2D eigenvalue weighted by Crippen LogP contribution is 2.40. The molecule has 144 valence electrons. The molecule has 27 heavy (non-hydrogen) atoms. The molecule has 2 aromatic rings. The smallest absolute Gasteiger partial charge is 0.307 e. The molecule has 0 atom stereocenters. The number of carboxylic acids is 1. The first-order valence-corrected chi connectivity index (χ1v) is 8.37. The average Bonchev–Trinajstić information content (AvgIpc) is 2.65. The van der Waals surface area contributed by atoms with Gasteiger partial charge in [0.1, 0.15) is 0 Å². The molecule has 0 aromatic heterocycles. The largest absolute Gasteiger partial charge is 0.493 e. The van der Waals surface area contributed by atoms with E-state index >= 15 is 0 Å². The number of rotatable bonds is 9. The predicted molar refractivity (Wildman–Crippen MR) is 101 cm³/mol. The number of nitrogens with one attached hydrogen (secondary N) is 1. The van der Waals surface area contributed by atoms with Crippen molar-refractivity contribution in [3.05, 3.63) is 47.5 Å². The van der Waals surface area contributed by atoms with Gasteiger partial charge in [0.2, 0.25) is 11.7 Å². The van der Waals surface area contributed by atoms with Crippen LogP contribution in [0, 0.1) is 0 Å². The summed E-state index contributed by atoms with van der Waals surface area (Å²) in [7, 11) is 4.61. The highest BCUT2D eigenvalue weighted by Gasteiger charge is 2.16. The molecule has 0 bridgehead atoms. The first-order valence-electron chi connectivity index (χ1n) is 8.37. The zero-order chi connectivity index (χ0) is 19.8. The normalized spacial score (nSPS) is 10.2. The van der Waals surface area contributed by atoms with E-state index in [1.165, 1.54) is 14.2 Å². The van der Waals surface area contributed by atoms with Crippen molar-refractivity contribution in [3.63, 3.8) is 0 Å². The number of benzene rings is 2. The van der Waals surface area contributed by atoms with E-state index in [9.17, 15) is 9.59 Å². The van der Waals surface area contributed by atoms with Gasteiger partial charge in [-0.25, -0.2) is 0 Å².